The van der Waals surface area contributed by atoms with Gasteiger partial charge in [-0.25, -0.2) is 9.97 Å². The van der Waals surface area contributed by atoms with Gasteiger partial charge in [0, 0.05) is 37.5 Å². The summed E-state index contributed by atoms with van der Waals surface area (Å²) >= 11 is 2.01. The highest BCUT2D eigenvalue weighted by atomic mass is 32.2. The zero-order chi connectivity index (χ0) is 15.7. The first-order valence-electron chi connectivity index (χ1n) is 7.58. The highest BCUT2D eigenvalue weighted by molar-refractivity contribution is 8.01. The van der Waals surface area contributed by atoms with Crippen molar-refractivity contribution in [3.63, 3.8) is 0 Å². The molecule has 0 saturated carbocycles. The summed E-state index contributed by atoms with van der Waals surface area (Å²) in [5, 5.41) is 0. The lowest BCUT2D eigenvalue weighted by Gasteiger charge is -2.48. The molecule has 120 valence electrons. The Kier molecular flexibility index (Phi) is 3.72. The number of nitrogens with zero attached hydrogens (tertiary/aromatic N) is 4. The molecule has 23 heavy (non-hydrogen) atoms. The first-order valence-corrected chi connectivity index (χ1v) is 8.57. The number of hydrogen-bond donors (Lipinski definition) is 0. The van der Waals surface area contributed by atoms with E-state index in [1.807, 2.05) is 30.0 Å². The molecule has 7 heteroatoms. The Hall–Kier alpha value is -2.02. The number of ether oxygens (including phenoxy) is 2. The van der Waals surface area contributed by atoms with Crippen molar-refractivity contribution < 1.29 is 9.47 Å². The van der Waals surface area contributed by atoms with Crippen LogP contribution in [0.3, 0.4) is 0 Å². The van der Waals surface area contributed by atoms with Crippen LogP contribution in [0.25, 0.3) is 0 Å². The van der Waals surface area contributed by atoms with Gasteiger partial charge < -0.3 is 14.4 Å². The average Bonchev–Trinajstić information content (AvgIpc) is 2.99. The van der Waals surface area contributed by atoms with E-state index in [1.165, 1.54) is 0 Å². The van der Waals surface area contributed by atoms with Crippen molar-refractivity contribution in [2.75, 3.05) is 30.9 Å². The van der Waals surface area contributed by atoms with Crippen molar-refractivity contribution in [2.24, 2.45) is 0 Å². The Balaban J connectivity index is 1.36. The van der Waals surface area contributed by atoms with Crippen LogP contribution in [0.5, 0.6) is 11.6 Å². The van der Waals surface area contributed by atoms with Gasteiger partial charge in [-0.2, -0.15) is 0 Å². The molecule has 0 aliphatic carbocycles. The van der Waals surface area contributed by atoms with Crippen LogP contribution in [-0.4, -0.2) is 51.8 Å². The van der Waals surface area contributed by atoms with E-state index >= 15 is 0 Å². The topological polar surface area (TPSA) is 60.4 Å². The third-order valence-corrected chi connectivity index (χ3v) is 5.81. The van der Waals surface area contributed by atoms with E-state index in [2.05, 4.69) is 19.9 Å². The lowest BCUT2D eigenvalue weighted by molar-refractivity contribution is 0.201. The minimum Gasteiger partial charge on any atom is -0.488 e. The molecule has 2 aliphatic heterocycles. The molecule has 2 saturated heterocycles. The highest BCUT2D eigenvalue weighted by Gasteiger charge is 2.50. The minimum absolute atomic E-state index is 0.256. The Morgan fingerprint density at radius 1 is 1.35 bits per heavy atom. The number of pyridine rings is 1. The molecule has 1 unspecified atom stereocenters. The third kappa shape index (κ3) is 2.93. The number of thioether (sulfide) groups is 1. The summed E-state index contributed by atoms with van der Waals surface area (Å²) in [7, 11) is 1.62. The summed E-state index contributed by atoms with van der Waals surface area (Å²) in [5.74, 6) is 3.41. The summed E-state index contributed by atoms with van der Waals surface area (Å²) in [6.45, 7) is 1.98. The molecule has 0 radical (unpaired) electrons. The standard InChI is InChI=1S/C16H18N4O2S/c1-21-15-5-14(18-11-19-15)20-9-16(10-20)6-13(8-23-16)22-12-3-2-4-17-7-12/h2-5,7,11,13H,6,8-10H2,1H3. The zero-order valence-corrected chi connectivity index (χ0v) is 13.7. The van der Waals surface area contributed by atoms with Gasteiger partial charge in [-0.3, -0.25) is 4.98 Å². The van der Waals surface area contributed by atoms with Crippen LogP contribution in [0.1, 0.15) is 6.42 Å². The second-order valence-electron chi connectivity index (χ2n) is 5.90. The fourth-order valence-corrected chi connectivity index (χ4v) is 4.66. The van der Waals surface area contributed by atoms with E-state index < -0.39 is 0 Å². The van der Waals surface area contributed by atoms with Gasteiger partial charge in [0.2, 0.25) is 5.88 Å². The van der Waals surface area contributed by atoms with Crippen molar-refractivity contribution in [3.05, 3.63) is 36.9 Å². The normalized spacial score (nSPS) is 22.0. The first kappa shape index (κ1) is 14.6. The van der Waals surface area contributed by atoms with Crippen LogP contribution >= 0.6 is 11.8 Å². The van der Waals surface area contributed by atoms with Crippen LogP contribution in [0.15, 0.2) is 36.9 Å². The molecular formula is C16H18N4O2S. The van der Waals surface area contributed by atoms with Gasteiger partial charge in [0.25, 0.3) is 0 Å². The molecule has 2 aromatic heterocycles. The van der Waals surface area contributed by atoms with Gasteiger partial charge in [-0.1, -0.05) is 0 Å². The first-order chi connectivity index (χ1) is 11.3. The predicted octanol–water partition coefficient (Wildman–Crippen LogP) is 2.02. The van der Waals surface area contributed by atoms with Crippen LogP contribution in [-0.2, 0) is 0 Å². The molecule has 0 bridgehead atoms. The van der Waals surface area contributed by atoms with Crippen LogP contribution in [0.4, 0.5) is 5.82 Å². The Labute approximate surface area is 139 Å². The molecule has 4 rings (SSSR count). The predicted molar refractivity (Wildman–Crippen MR) is 89.3 cm³/mol. The molecule has 1 atom stereocenters. The molecule has 0 amide bonds. The van der Waals surface area contributed by atoms with E-state index in [-0.39, 0.29) is 10.9 Å². The van der Waals surface area contributed by atoms with E-state index in [0.717, 1.165) is 36.8 Å². The lowest BCUT2D eigenvalue weighted by atomic mass is 9.93. The van der Waals surface area contributed by atoms with E-state index in [9.17, 15) is 0 Å². The number of anilines is 1. The summed E-state index contributed by atoms with van der Waals surface area (Å²) in [6.07, 6.45) is 6.40. The monoisotopic (exact) mass is 330 g/mol. The molecule has 2 aliphatic rings. The van der Waals surface area contributed by atoms with Crippen molar-refractivity contribution in [1.82, 2.24) is 15.0 Å². The van der Waals surface area contributed by atoms with Gasteiger partial charge in [-0.05, 0) is 12.1 Å². The smallest absolute Gasteiger partial charge is 0.218 e. The largest absolute Gasteiger partial charge is 0.488 e. The molecule has 1 spiro atoms. The van der Waals surface area contributed by atoms with Gasteiger partial charge >= 0.3 is 0 Å². The van der Waals surface area contributed by atoms with Gasteiger partial charge in [0.05, 0.1) is 18.1 Å². The average molecular weight is 330 g/mol. The maximum absolute atomic E-state index is 6.04. The molecule has 4 heterocycles. The summed E-state index contributed by atoms with van der Waals surface area (Å²) in [5.41, 5.74) is 0. The molecule has 2 fully saturated rings. The number of hydrogen-bond acceptors (Lipinski definition) is 7. The third-order valence-electron chi connectivity index (χ3n) is 4.23. The number of methoxy groups -OCH3 is 1. The van der Waals surface area contributed by atoms with Crippen molar-refractivity contribution in [3.8, 4) is 11.6 Å². The van der Waals surface area contributed by atoms with Crippen molar-refractivity contribution >= 4 is 17.6 Å². The van der Waals surface area contributed by atoms with Crippen LogP contribution in [0, 0.1) is 0 Å². The van der Waals surface area contributed by atoms with E-state index in [1.54, 1.807) is 25.8 Å². The fourth-order valence-electron chi connectivity index (χ4n) is 3.13. The molecule has 2 aromatic rings. The van der Waals surface area contributed by atoms with Crippen molar-refractivity contribution in [1.29, 1.82) is 0 Å². The lowest BCUT2D eigenvalue weighted by Crippen LogP contribution is -2.59. The van der Waals surface area contributed by atoms with Gasteiger partial charge in [0.15, 0.2) is 0 Å². The van der Waals surface area contributed by atoms with Crippen LogP contribution in [0.2, 0.25) is 0 Å². The maximum atomic E-state index is 6.04. The molecular weight excluding hydrogens is 312 g/mol. The fraction of sp³-hybridized carbons (Fsp3) is 0.438. The second-order valence-corrected chi connectivity index (χ2v) is 7.39. The zero-order valence-electron chi connectivity index (χ0n) is 12.9. The Morgan fingerprint density at radius 3 is 3.04 bits per heavy atom. The summed E-state index contributed by atoms with van der Waals surface area (Å²) in [6, 6.07) is 5.75. The highest BCUT2D eigenvalue weighted by Crippen LogP contribution is 2.47. The quantitative estimate of drug-likeness (QED) is 0.850. The maximum Gasteiger partial charge on any atom is 0.218 e. The second kappa shape index (κ2) is 5.88. The van der Waals surface area contributed by atoms with Gasteiger partial charge in [-0.15, -0.1) is 11.8 Å². The van der Waals surface area contributed by atoms with E-state index in [0.29, 0.717) is 5.88 Å². The molecule has 0 aromatic carbocycles. The minimum atomic E-state index is 0.256. The summed E-state index contributed by atoms with van der Waals surface area (Å²) in [4.78, 5) is 14.8. The molecule has 0 N–H and O–H groups in total. The number of aromatic nitrogens is 3. The summed E-state index contributed by atoms with van der Waals surface area (Å²) < 4.78 is 11.5. The SMILES string of the molecule is COc1cc(N2CC3(CC(Oc4cccnc4)CS3)C2)ncn1. The Bertz CT molecular complexity index is 679. The van der Waals surface area contributed by atoms with Gasteiger partial charge in [0.1, 0.15) is 24.0 Å². The van der Waals surface area contributed by atoms with Crippen LogP contribution < -0.4 is 14.4 Å². The van der Waals surface area contributed by atoms with E-state index in [4.69, 9.17) is 9.47 Å². The molecule has 6 nitrogen and oxygen atoms in total. The number of rotatable bonds is 4. The van der Waals surface area contributed by atoms with Crippen molar-refractivity contribution in [2.45, 2.75) is 17.3 Å². The Morgan fingerprint density at radius 2 is 2.26 bits per heavy atom.